The molecule has 1 amide bonds. The molecular formula is C20H20N4O3. The van der Waals surface area contributed by atoms with Crippen LogP contribution in [-0.4, -0.2) is 32.1 Å². The molecule has 0 spiro atoms. The van der Waals surface area contributed by atoms with E-state index in [0.717, 1.165) is 5.39 Å². The quantitative estimate of drug-likeness (QED) is 0.710. The Morgan fingerprint density at radius 3 is 2.74 bits per heavy atom. The van der Waals surface area contributed by atoms with E-state index in [1.54, 1.807) is 57.4 Å². The van der Waals surface area contributed by atoms with E-state index in [4.69, 9.17) is 4.74 Å². The summed E-state index contributed by atoms with van der Waals surface area (Å²) in [6.07, 6.45) is 3.95. The summed E-state index contributed by atoms with van der Waals surface area (Å²) in [5.74, 6) is 0.128. The molecule has 0 aliphatic carbocycles. The first-order valence-electron chi connectivity index (χ1n) is 8.38. The Labute approximate surface area is 156 Å². The Hall–Kier alpha value is -3.48. The van der Waals surface area contributed by atoms with E-state index in [1.165, 1.54) is 10.6 Å². The fourth-order valence-corrected chi connectivity index (χ4v) is 2.44. The summed E-state index contributed by atoms with van der Waals surface area (Å²) in [7, 11) is 0. The summed E-state index contributed by atoms with van der Waals surface area (Å²) in [6.45, 7) is 8.85. The normalized spacial score (nSPS) is 11.2. The topological polar surface area (TPSA) is 86.1 Å². The van der Waals surface area contributed by atoms with Crippen molar-refractivity contribution in [2.45, 2.75) is 26.4 Å². The number of carbonyl (C=O) groups is 2. The van der Waals surface area contributed by atoms with Gasteiger partial charge in [-0.15, -0.1) is 0 Å². The van der Waals surface area contributed by atoms with Gasteiger partial charge in [-0.25, -0.2) is 19.3 Å². The molecule has 0 saturated carbocycles. The monoisotopic (exact) mass is 364 g/mol. The molecule has 2 heterocycles. The first kappa shape index (κ1) is 18.3. The second-order valence-corrected chi connectivity index (χ2v) is 6.91. The molecule has 3 aromatic rings. The van der Waals surface area contributed by atoms with Gasteiger partial charge in [0.2, 0.25) is 5.91 Å². The zero-order valence-electron chi connectivity index (χ0n) is 15.4. The van der Waals surface area contributed by atoms with Crippen LogP contribution in [0.1, 0.15) is 20.8 Å². The van der Waals surface area contributed by atoms with Gasteiger partial charge < -0.3 is 10.1 Å². The predicted octanol–water partition coefficient (Wildman–Crippen LogP) is 4.01. The zero-order chi connectivity index (χ0) is 19.6. The third-order valence-electron chi connectivity index (χ3n) is 3.59. The van der Waals surface area contributed by atoms with Crippen molar-refractivity contribution in [1.82, 2.24) is 14.5 Å². The van der Waals surface area contributed by atoms with Crippen LogP contribution in [0.4, 0.5) is 10.5 Å². The predicted molar refractivity (Wildman–Crippen MR) is 103 cm³/mol. The lowest BCUT2D eigenvalue weighted by molar-refractivity contribution is -0.111. The van der Waals surface area contributed by atoms with Crippen LogP contribution >= 0.6 is 0 Å². The average Bonchev–Trinajstić information content (AvgIpc) is 3.03. The second kappa shape index (κ2) is 7.03. The standard InChI is InChI=1S/C20H20N4O3/c1-5-16(25)22-15-8-6-7-13(11-15)17-21-12-14-9-10-24(18(14)23-17)19(26)27-20(2,3)4/h5-12H,1H2,2-4H3,(H,22,25). The number of ether oxygens (including phenoxy) is 1. The van der Waals surface area contributed by atoms with E-state index in [9.17, 15) is 9.59 Å². The van der Waals surface area contributed by atoms with E-state index in [-0.39, 0.29) is 5.91 Å². The molecule has 0 aliphatic heterocycles. The van der Waals surface area contributed by atoms with Gasteiger partial charge in [-0.1, -0.05) is 18.7 Å². The molecule has 3 rings (SSSR count). The minimum absolute atomic E-state index is 0.303. The summed E-state index contributed by atoms with van der Waals surface area (Å²) >= 11 is 0. The largest absolute Gasteiger partial charge is 0.443 e. The number of nitrogens with one attached hydrogen (secondary N) is 1. The number of nitrogens with zero attached hydrogens (tertiary/aromatic N) is 3. The van der Waals surface area contributed by atoms with Gasteiger partial charge in [0.25, 0.3) is 0 Å². The number of carbonyl (C=O) groups excluding carboxylic acids is 2. The highest BCUT2D eigenvalue weighted by atomic mass is 16.6. The van der Waals surface area contributed by atoms with Crippen LogP contribution < -0.4 is 5.32 Å². The summed E-state index contributed by atoms with van der Waals surface area (Å²) < 4.78 is 6.77. The molecule has 138 valence electrons. The van der Waals surface area contributed by atoms with Crippen LogP contribution in [0, 0.1) is 0 Å². The Bertz CT molecular complexity index is 1030. The number of fused-ring (bicyclic) bond motifs is 1. The Morgan fingerprint density at radius 1 is 1.26 bits per heavy atom. The van der Waals surface area contributed by atoms with Crippen molar-refractivity contribution >= 4 is 28.7 Å². The number of rotatable bonds is 3. The van der Waals surface area contributed by atoms with Crippen molar-refractivity contribution < 1.29 is 14.3 Å². The average molecular weight is 364 g/mol. The lowest BCUT2D eigenvalue weighted by Gasteiger charge is -2.19. The maximum absolute atomic E-state index is 12.4. The van der Waals surface area contributed by atoms with Crippen molar-refractivity contribution in [3.05, 3.63) is 55.4 Å². The summed E-state index contributed by atoms with van der Waals surface area (Å²) in [4.78, 5) is 32.8. The Morgan fingerprint density at radius 2 is 2.04 bits per heavy atom. The first-order valence-corrected chi connectivity index (χ1v) is 8.38. The molecule has 7 nitrogen and oxygen atoms in total. The minimum atomic E-state index is -0.610. The number of amides is 1. The Kier molecular flexibility index (Phi) is 4.77. The van der Waals surface area contributed by atoms with Gasteiger partial charge in [0, 0.05) is 29.0 Å². The van der Waals surface area contributed by atoms with Crippen LogP contribution in [0.15, 0.2) is 55.4 Å². The van der Waals surface area contributed by atoms with Crippen molar-refractivity contribution in [3.63, 3.8) is 0 Å². The van der Waals surface area contributed by atoms with E-state index in [1.807, 2.05) is 6.07 Å². The molecule has 1 N–H and O–H groups in total. The third kappa shape index (κ3) is 4.20. The van der Waals surface area contributed by atoms with Gasteiger partial charge in [-0.2, -0.15) is 0 Å². The molecule has 0 radical (unpaired) electrons. The van der Waals surface area contributed by atoms with Gasteiger partial charge in [0.05, 0.1) is 0 Å². The molecular weight excluding hydrogens is 344 g/mol. The Balaban J connectivity index is 1.98. The lowest BCUT2D eigenvalue weighted by atomic mass is 10.2. The third-order valence-corrected chi connectivity index (χ3v) is 3.59. The smallest absolute Gasteiger partial charge is 0.420 e. The molecule has 0 bridgehead atoms. The fraction of sp³-hybridized carbons (Fsp3) is 0.200. The molecule has 0 unspecified atom stereocenters. The maximum Gasteiger partial charge on any atom is 0.420 e. The van der Waals surface area contributed by atoms with Gasteiger partial charge in [-0.3, -0.25) is 4.79 Å². The van der Waals surface area contributed by atoms with E-state index in [0.29, 0.717) is 22.7 Å². The maximum atomic E-state index is 12.4. The lowest BCUT2D eigenvalue weighted by Crippen LogP contribution is -2.26. The van der Waals surface area contributed by atoms with E-state index < -0.39 is 11.7 Å². The number of hydrogen-bond acceptors (Lipinski definition) is 5. The molecule has 0 saturated heterocycles. The molecule has 7 heteroatoms. The minimum Gasteiger partial charge on any atom is -0.443 e. The van der Waals surface area contributed by atoms with Gasteiger partial charge in [-0.05, 0) is 45.0 Å². The first-order chi connectivity index (χ1) is 12.8. The van der Waals surface area contributed by atoms with Crippen LogP contribution in [0.2, 0.25) is 0 Å². The van der Waals surface area contributed by atoms with Gasteiger partial charge in [0.1, 0.15) is 5.60 Å². The van der Waals surface area contributed by atoms with Crippen LogP contribution in [-0.2, 0) is 9.53 Å². The fourth-order valence-electron chi connectivity index (χ4n) is 2.44. The summed E-state index contributed by atoms with van der Waals surface area (Å²) in [5.41, 5.74) is 1.15. The molecule has 0 aliphatic rings. The second-order valence-electron chi connectivity index (χ2n) is 6.91. The number of hydrogen-bond donors (Lipinski definition) is 1. The number of benzene rings is 1. The summed E-state index contributed by atoms with van der Waals surface area (Å²) in [5, 5.41) is 3.42. The highest BCUT2D eigenvalue weighted by Gasteiger charge is 2.20. The van der Waals surface area contributed by atoms with Gasteiger partial charge in [0.15, 0.2) is 11.5 Å². The van der Waals surface area contributed by atoms with E-state index in [2.05, 4.69) is 21.9 Å². The molecule has 1 aromatic carbocycles. The molecule has 0 atom stereocenters. The van der Waals surface area contributed by atoms with E-state index >= 15 is 0 Å². The van der Waals surface area contributed by atoms with Crippen molar-refractivity contribution in [1.29, 1.82) is 0 Å². The van der Waals surface area contributed by atoms with Crippen LogP contribution in [0.5, 0.6) is 0 Å². The van der Waals surface area contributed by atoms with Gasteiger partial charge >= 0.3 is 6.09 Å². The molecule has 2 aromatic heterocycles. The van der Waals surface area contributed by atoms with Crippen LogP contribution in [0.3, 0.4) is 0 Å². The highest BCUT2D eigenvalue weighted by Crippen LogP contribution is 2.23. The highest BCUT2D eigenvalue weighted by molar-refractivity contribution is 5.99. The van der Waals surface area contributed by atoms with Crippen molar-refractivity contribution in [3.8, 4) is 11.4 Å². The van der Waals surface area contributed by atoms with Crippen LogP contribution in [0.25, 0.3) is 22.4 Å². The van der Waals surface area contributed by atoms with Crippen molar-refractivity contribution in [2.75, 3.05) is 5.32 Å². The molecule has 27 heavy (non-hydrogen) atoms. The number of anilines is 1. The zero-order valence-corrected chi connectivity index (χ0v) is 15.4. The van der Waals surface area contributed by atoms with Crippen molar-refractivity contribution in [2.24, 2.45) is 0 Å². The SMILES string of the molecule is C=CC(=O)Nc1cccc(-c2ncc3ccn(C(=O)OC(C)(C)C)c3n2)c1. The number of aromatic nitrogens is 3. The molecule has 0 fully saturated rings. The summed E-state index contributed by atoms with van der Waals surface area (Å²) in [6, 6.07) is 8.87.